The number of nitrogens with zero attached hydrogens (tertiary/aromatic N) is 3. The van der Waals surface area contributed by atoms with Crippen molar-refractivity contribution < 1.29 is 10.4 Å². The maximum atomic E-state index is 9.12. The lowest BCUT2D eigenvalue weighted by Gasteiger charge is -2.31. The fourth-order valence-electron chi connectivity index (χ4n) is 2.61. The number of oxime groups is 2. The molecule has 0 aliphatic heterocycles. The summed E-state index contributed by atoms with van der Waals surface area (Å²) in [5, 5.41) is 34.3. The molecule has 0 unspecified atom stereocenters. The van der Waals surface area contributed by atoms with E-state index in [1.807, 2.05) is 52.0 Å². The molecule has 1 aromatic rings. The Morgan fingerprint density at radius 2 is 1.41 bits per heavy atom. The SMILES string of the molecule is C/C(=N\O)C(C)(C)NCC(CNC(C)(C)/C(C)=N/O)Cc1ccc(N=C=S)cc1. The second kappa shape index (κ2) is 11.2. The quantitative estimate of drug-likeness (QED) is 0.188. The molecule has 160 valence electrons. The van der Waals surface area contributed by atoms with Crippen LogP contribution in [0.25, 0.3) is 0 Å². The molecule has 1 aromatic carbocycles. The highest BCUT2D eigenvalue weighted by atomic mass is 32.1. The van der Waals surface area contributed by atoms with Crippen molar-refractivity contribution in [3.8, 4) is 0 Å². The van der Waals surface area contributed by atoms with Crippen LogP contribution in [0.15, 0.2) is 39.6 Å². The summed E-state index contributed by atoms with van der Waals surface area (Å²) in [7, 11) is 0. The van der Waals surface area contributed by atoms with Crippen LogP contribution >= 0.6 is 12.2 Å². The lowest BCUT2D eigenvalue weighted by molar-refractivity contribution is 0.303. The summed E-state index contributed by atoms with van der Waals surface area (Å²) >= 11 is 4.65. The van der Waals surface area contributed by atoms with Gasteiger partial charge in [0.05, 0.1) is 33.3 Å². The summed E-state index contributed by atoms with van der Waals surface area (Å²) in [5.41, 5.74) is 2.34. The summed E-state index contributed by atoms with van der Waals surface area (Å²) in [6.07, 6.45) is 0.832. The molecule has 0 amide bonds. The largest absolute Gasteiger partial charge is 0.411 e. The number of hydrogen-bond donors (Lipinski definition) is 4. The highest BCUT2D eigenvalue weighted by molar-refractivity contribution is 7.78. The number of nitrogens with one attached hydrogen (secondary N) is 2. The van der Waals surface area contributed by atoms with Gasteiger partial charge in [-0.3, -0.25) is 0 Å². The van der Waals surface area contributed by atoms with E-state index < -0.39 is 11.1 Å². The Bertz CT molecular complexity index is 732. The highest BCUT2D eigenvalue weighted by Gasteiger charge is 2.26. The van der Waals surface area contributed by atoms with Gasteiger partial charge in [-0.2, -0.15) is 4.99 Å². The van der Waals surface area contributed by atoms with E-state index in [2.05, 4.69) is 43.3 Å². The van der Waals surface area contributed by atoms with Crippen molar-refractivity contribution in [1.82, 2.24) is 10.6 Å². The highest BCUT2D eigenvalue weighted by Crippen LogP contribution is 2.17. The van der Waals surface area contributed by atoms with Gasteiger partial charge in [0, 0.05) is 13.1 Å². The monoisotopic (exact) mass is 419 g/mol. The summed E-state index contributed by atoms with van der Waals surface area (Å²) in [5.74, 6) is 0.242. The summed E-state index contributed by atoms with van der Waals surface area (Å²) in [6.45, 7) is 12.9. The van der Waals surface area contributed by atoms with E-state index in [-0.39, 0.29) is 5.92 Å². The van der Waals surface area contributed by atoms with Gasteiger partial charge in [-0.1, -0.05) is 22.4 Å². The van der Waals surface area contributed by atoms with Gasteiger partial charge in [0.25, 0.3) is 0 Å². The molecule has 0 aliphatic rings. The van der Waals surface area contributed by atoms with E-state index in [9.17, 15) is 0 Å². The minimum Gasteiger partial charge on any atom is -0.411 e. The molecular formula is C21H33N5O2S. The second-order valence-electron chi connectivity index (χ2n) is 8.32. The normalized spacial score (nSPS) is 14.4. The molecule has 0 saturated heterocycles. The Morgan fingerprint density at radius 1 is 0.966 bits per heavy atom. The molecule has 0 fully saturated rings. The molecule has 0 saturated carbocycles. The van der Waals surface area contributed by atoms with E-state index in [0.717, 1.165) is 12.1 Å². The Hall–Kier alpha value is -2.12. The van der Waals surface area contributed by atoms with Crippen molar-refractivity contribution >= 4 is 34.5 Å². The number of hydrogen-bond acceptors (Lipinski definition) is 8. The molecule has 0 aliphatic carbocycles. The number of isothiocyanates is 1. The van der Waals surface area contributed by atoms with Gasteiger partial charge in [-0.25, -0.2) is 0 Å². The molecule has 7 nitrogen and oxygen atoms in total. The fourth-order valence-corrected chi connectivity index (χ4v) is 2.72. The predicted molar refractivity (Wildman–Crippen MR) is 122 cm³/mol. The summed E-state index contributed by atoms with van der Waals surface area (Å²) in [6, 6.07) is 7.92. The van der Waals surface area contributed by atoms with Crippen LogP contribution in [-0.2, 0) is 6.42 Å². The van der Waals surface area contributed by atoms with Gasteiger partial charge in [0.15, 0.2) is 0 Å². The average molecular weight is 420 g/mol. The Kier molecular flexibility index (Phi) is 9.59. The molecule has 0 aromatic heterocycles. The van der Waals surface area contributed by atoms with Crippen LogP contribution in [-0.4, -0.2) is 51.2 Å². The Labute approximate surface area is 179 Å². The van der Waals surface area contributed by atoms with Gasteiger partial charge in [0.1, 0.15) is 0 Å². The minimum absolute atomic E-state index is 0.242. The first kappa shape index (κ1) is 24.9. The van der Waals surface area contributed by atoms with Crippen LogP contribution in [0.5, 0.6) is 0 Å². The fraction of sp³-hybridized carbons (Fsp3) is 0.571. The molecule has 0 atom stereocenters. The van der Waals surface area contributed by atoms with Gasteiger partial charge in [-0.05, 0) is 83.8 Å². The van der Waals surface area contributed by atoms with E-state index in [1.165, 1.54) is 5.56 Å². The van der Waals surface area contributed by atoms with Gasteiger partial charge < -0.3 is 21.0 Å². The van der Waals surface area contributed by atoms with Crippen molar-refractivity contribution in [2.45, 2.75) is 59.0 Å². The minimum atomic E-state index is -0.428. The van der Waals surface area contributed by atoms with E-state index >= 15 is 0 Å². The maximum Gasteiger partial charge on any atom is 0.0739 e. The molecule has 1 rings (SSSR count). The Balaban J connectivity index is 2.93. The maximum absolute atomic E-state index is 9.12. The Morgan fingerprint density at radius 3 is 1.79 bits per heavy atom. The molecular weight excluding hydrogens is 386 g/mol. The topological polar surface area (TPSA) is 102 Å². The third-order valence-corrected chi connectivity index (χ3v) is 5.50. The lowest BCUT2D eigenvalue weighted by atomic mass is 9.93. The van der Waals surface area contributed by atoms with E-state index in [0.29, 0.717) is 24.5 Å². The number of benzene rings is 1. The second-order valence-corrected chi connectivity index (χ2v) is 8.50. The molecule has 0 radical (unpaired) electrons. The first-order valence-electron chi connectivity index (χ1n) is 9.61. The van der Waals surface area contributed by atoms with Crippen LogP contribution < -0.4 is 10.6 Å². The zero-order chi connectivity index (χ0) is 22.1. The van der Waals surface area contributed by atoms with Crippen LogP contribution in [0.4, 0.5) is 5.69 Å². The van der Waals surface area contributed by atoms with Crippen molar-refractivity contribution in [3.05, 3.63) is 29.8 Å². The third-order valence-electron chi connectivity index (χ3n) is 5.41. The molecule has 0 spiro atoms. The van der Waals surface area contributed by atoms with Crippen LogP contribution in [0.3, 0.4) is 0 Å². The number of thiocarbonyl (C=S) groups is 1. The van der Waals surface area contributed by atoms with Gasteiger partial charge in [-0.15, -0.1) is 0 Å². The van der Waals surface area contributed by atoms with Crippen molar-refractivity contribution in [2.24, 2.45) is 21.2 Å². The molecule has 0 heterocycles. The van der Waals surface area contributed by atoms with Gasteiger partial charge >= 0.3 is 0 Å². The van der Waals surface area contributed by atoms with Crippen molar-refractivity contribution in [3.63, 3.8) is 0 Å². The molecule has 29 heavy (non-hydrogen) atoms. The average Bonchev–Trinajstić information content (AvgIpc) is 2.70. The third kappa shape index (κ3) is 8.03. The van der Waals surface area contributed by atoms with E-state index in [1.54, 1.807) is 13.8 Å². The molecule has 0 bridgehead atoms. The van der Waals surface area contributed by atoms with Gasteiger partial charge in [0.2, 0.25) is 0 Å². The zero-order valence-corrected chi connectivity index (χ0v) is 19.0. The summed E-state index contributed by atoms with van der Waals surface area (Å²) in [4.78, 5) is 3.99. The zero-order valence-electron chi connectivity index (χ0n) is 18.2. The van der Waals surface area contributed by atoms with Crippen molar-refractivity contribution in [1.29, 1.82) is 0 Å². The standard InChI is InChI=1S/C21H33N5O2S/c1-15(25-27)20(3,4)23-12-18(13-24-21(5,6)16(2)26-28)11-17-7-9-19(10-8-17)22-14-29/h7-10,18,23-24,27-28H,11-13H2,1-6H3/b25-15+,26-16+. The van der Waals surface area contributed by atoms with Crippen molar-refractivity contribution in [2.75, 3.05) is 13.1 Å². The van der Waals surface area contributed by atoms with E-state index in [4.69, 9.17) is 10.4 Å². The molecule has 4 N–H and O–H groups in total. The van der Waals surface area contributed by atoms with Crippen LogP contribution in [0.2, 0.25) is 0 Å². The van der Waals surface area contributed by atoms with Crippen LogP contribution in [0, 0.1) is 5.92 Å². The smallest absolute Gasteiger partial charge is 0.0739 e. The lowest BCUT2D eigenvalue weighted by Crippen LogP contribution is -2.52. The summed E-state index contributed by atoms with van der Waals surface area (Å²) < 4.78 is 0. The van der Waals surface area contributed by atoms with Crippen LogP contribution in [0.1, 0.15) is 47.1 Å². The number of rotatable bonds is 11. The first-order valence-corrected chi connectivity index (χ1v) is 10.0. The molecule has 8 heteroatoms. The first-order chi connectivity index (χ1) is 13.6. The predicted octanol–water partition coefficient (Wildman–Crippen LogP) is 4.02. The number of aliphatic imine (C=N–C) groups is 1.